The Morgan fingerprint density at radius 1 is 1.14 bits per heavy atom. The van der Waals surface area contributed by atoms with Crippen LogP contribution in [0.2, 0.25) is 0 Å². The normalized spacial score (nSPS) is 16.8. The largest absolute Gasteiger partial charge is 0.393 e. The van der Waals surface area contributed by atoms with Crippen molar-refractivity contribution in [3.63, 3.8) is 0 Å². The van der Waals surface area contributed by atoms with E-state index in [0.29, 0.717) is 23.0 Å². The van der Waals surface area contributed by atoms with E-state index in [1.807, 2.05) is 24.3 Å². The molecule has 0 aliphatic heterocycles. The van der Waals surface area contributed by atoms with Crippen LogP contribution in [-0.2, 0) is 6.42 Å². The summed E-state index contributed by atoms with van der Waals surface area (Å²) in [5, 5.41) is 3.19. The monoisotopic (exact) mass is 304 g/mol. The third-order valence-corrected chi connectivity index (χ3v) is 4.21. The van der Waals surface area contributed by atoms with Crippen LogP contribution in [0.5, 0.6) is 0 Å². The second-order valence-corrected chi connectivity index (χ2v) is 6.34. The number of nitrogens with two attached hydrogens (primary N) is 1. The van der Waals surface area contributed by atoms with Crippen LogP contribution in [0, 0.1) is 0 Å². The molecule has 0 bridgehead atoms. The number of rotatable bonds is 4. The lowest BCUT2D eigenvalue weighted by atomic mass is 9.96. The van der Waals surface area contributed by atoms with Crippen LogP contribution in [0.1, 0.15) is 60.9 Å². The summed E-state index contributed by atoms with van der Waals surface area (Å²) in [5.74, 6) is 0.00687. The summed E-state index contributed by atoms with van der Waals surface area (Å²) in [7, 11) is 0. The van der Waals surface area contributed by atoms with Gasteiger partial charge in [0.2, 0.25) is 0 Å². The number of nitrogens with one attached hydrogen (secondary N) is 1. The van der Waals surface area contributed by atoms with Crippen molar-refractivity contribution in [3.8, 4) is 0 Å². The first-order chi connectivity index (χ1) is 10.2. The molecule has 0 heterocycles. The van der Waals surface area contributed by atoms with Gasteiger partial charge in [-0.25, -0.2) is 0 Å². The predicted octanol–water partition coefficient (Wildman–Crippen LogP) is 3.36. The Labute approximate surface area is 132 Å². The van der Waals surface area contributed by atoms with E-state index in [9.17, 15) is 4.79 Å². The Hall–Kier alpha value is -1.42. The molecule has 0 unspecified atom stereocenters. The van der Waals surface area contributed by atoms with E-state index < -0.39 is 0 Å². The molecule has 3 N–H and O–H groups in total. The van der Waals surface area contributed by atoms with Crippen molar-refractivity contribution < 1.29 is 4.79 Å². The number of hydrogen-bond donors (Lipinski definition) is 2. The van der Waals surface area contributed by atoms with E-state index >= 15 is 0 Å². The van der Waals surface area contributed by atoms with Gasteiger partial charge in [-0.3, -0.25) is 4.79 Å². The molecule has 1 fully saturated rings. The van der Waals surface area contributed by atoms with Crippen LogP contribution in [0.3, 0.4) is 0 Å². The molecule has 4 heteroatoms. The highest BCUT2D eigenvalue weighted by Crippen LogP contribution is 2.18. The fraction of sp³-hybridized carbons (Fsp3) is 0.529. The van der Waals surface area contributed by atoms with Crippen molar-refractivity contribution in [1.82, 2.24) is 5.32 Å². The Morgan fingerprint density at radius 3 is 2.43 bits per heavy atom. The highest BCUT2D eigenvalue weighted by atomic mass is 32.1. The number of amides is 1. The van der Waals surface area contributed by atoms with Gasteiger partial charge < -0.3 is 11.1 Å². The molecule has 0 spiro atoms. The molecule has 0 radical (unpaired) electrons. The van der Waals surface area contributed by atoms with E-state index in [-0.39, 0.29) is 5.91 Å². The minimum absolute atomic E-state index is 0.00687. The third kappa shape index (κ3) is 5.12. The topological polar surface area (TPSA) is 55.1 Å². The molecule has 0 saturated heterocycles. The maximum atomic E-state index is 12.5. The lowest BCUT2D eigenvalue weighted by Gasteiger charge is -2.21. The first kappa shape index (κ1) is 16.0. The van der Waals surface area contributed by atoms with Gasteiger partial charge in [-0.15, -0.1) is 0 Å². The van der Waals surface area contributed by atoms with Gasteiger partial charge in [0.25, 0.3) is 5.91 Å². The van der Waals surface area contributed by atoms with Gasteiger partial charge in [0.05, 0.1) is 4.99 Å². The van der Waals surface area contributed by atoms with Crippen LogP contribution >= 0.6 is 12.2 Å². The van der Waals surface area contributed by atoms with Crippen LogP contribution < -0.4 is 11.1 Å². The summed E-state index contributed by atoms with van der Waals surface area (Å²) in [5.41, 5.74) is 7.23. The Kier molecular flexibility index (Phi) is 6.18. The van der Waals surface area contributed by atoms with E-state index in [4.69, 9.17) is 18.0 Å². The molecule has 21 heavy (non-hydrogen) atoms. The van der Waals surface area contributed by atoms with Gasteiger partial charge in [0, 0.05) is 18.0 Å². The fourth-order valence-electron chi connectivity index (χ4n) is 2.95. The summed E-state index contributed by atoms with van der Waals surface area (Å²) in [6, 6.07) is 7.88. The molecule has 1 aliphatic rings. The van der Waals surface area contributed by atoms with Crippen molar-refractivity contribution in [2.24, 2.45) is 5.73 Å². The first-order valence-electron chi connectivity index (χ1n) is 7.84. The lowest BCUT2D eigenvalue weighted by molar-refractivity contribution is 0.0929. The van der Waals surface area contributed by atoms with Crippen molar-refractivity contribution in [3.05, 3.63) is 35.4 Å². The lowest BCUT2D eigenvalue weighted by Crippen LogP contribution is -2.36. The molecule has 1 amide bonds. The SMILES string of the molecule is NC(=S)Cc1ccccc1C(=O)NC1CCCCCCC1. The second-order valence-electron chi connectivity index (χ2n) is 5.82. The van der Waals surface area contributed by atoms with E-state index in [2.05, 4.69) is 5.32 Å². The zero-order valence-corrected chi connectivity index (χ0v) is 13.3. The van der Waals surface area contributed by atoms with E-state index in [0.717, 1.165) is 18.4 Å². The fourth-order valence-corrected chi connectivity index (χ4v) is 3.10. The smallest absolute Gasteiger partial charge is 0.251 e. The Bertz CT molecular complexity index is 493. The predicted molar refractivity (Wildman–Crippen MR) is 90.5 cm³/mol. The number of benzene rings is 1. The number of carbonyl (C=O) groups excluding carboxylic acids is 1. The summed E-state index contributed by atoms with van der Waals surface area (Å²) in [4.78, 5) is 12.9. The maximum absolute atomic E-state index is 12.5. The standard InChI is InChI=1S/C17H24N2OS/c18-16(21)12-13-8-6-7-11-15(13)17(20)19-14-9-4-2-1-3-5-10-14/h6-8,11,14H,1-5,9-10,12H2,(H2,18,21)(H,19,20). The third-order valence-electron chi connectivity index (χ3n) is 4.07. The van der Waals surface area contributed by atoms with E-state index in [1.54, 1.807) is 0 Å². The van der Waals surface area contributed by atoms with Gasteiger partial charge >= 0.3 is 0 Å². The van der Waals surface area contributed by atoms with Gasteiger partial charge in [-0.2, -0.15) is 0 Å². The first-order valence-corrected chi connectivity index (χ1v) is 8.24. The second kappa shape index (κ2) is 8.13. The molecule has 2 rings (SSSR count). The zero-order chi connectivity index (χ0) is 15.1. The Morgan fingerprint density at radius 2 is 1.76 bits per heavy atom. The molecule has 1 aromatic rings. The molecule has 114 valence electrons. The Balaban J connectivity index is 2.03. The average molecular weight is 304 g/mol. The maximum Gasteiger partial charge on any atom is 0.251 e. The molecule has 3 nitrogen and oxygen atoms in total. The summed E-state index contributed by atoms with van der Waals surface area (Å²) < 4.78 is 0. The van der Waals surface area contributed by atoms with Crippen molar-refractivity contribution >= 4 is 23.1 Å². The number of hydrogen-bond acceptors (Lipinski definition) is 2. The average Bonchev–Trinajstić information content (AvgIpc) is 2.41. The summed E-state index contributed by atoms with van der Waals surface area (Å²) in [6.07, 6.45) is 8.96. The highest BCUT2D eigenvalue weighted by Gasteiger charge is 2.17. The van der Waals surface area contributed by atoms with Crippen LogP contribution in [0.4, 0.5) is 0 Å². The summed E-state index contributed by atoms with van der Waals surface area (Å²) >= 11 is 4.96. The van der Waals surface area contributed by atoms with Crippen molar-refractivity contribution in [2.75, 3.05) is 0 Å². The zero-order valence-electron chi connectivity index (χ0n) is 12.4. The molecule has 0 aromatic heterocycles. The minimum Gasteiger partial charge on any atom is -0.393 e. The van der Waals surface area contributed by atoms with Gasteiger partial charge in [-0.1, -0.05) is 62.5 Å². The molecule has 0 atom stereocenters. The quantitative estimate of drug-likeness (QED) is 0.839. The summed E-state index contributed by atoms with van der Waals surface area (Å²) in [6.45, 7) is 0. The van der Waals surface area contributed by atoms with Gasteiger partial charge in [0.15, 0.2) is 0 Å². The van der Waals surface area contributed by atoms with Crippen molar-refractivity contribution in [1.29, 1.82) is 0 Å². The highest BCUT2D eigenvalue weighted by molar-refractivity contribution is 7.80. The van der Waals surface area contributed by atoms with Crippen LogP contribution in [-0.4, -0.2) is 16.9 Å². The van der Waals surface area contributed by atoms with Crippen LogP contribution in [0.15, 0.2) is 24.3 Å². The number of thiocarbonyl (C=S) groups is 1. The van der Waals surface area contributed by atoms with Gasteiger partial charge in [-0.05, 0) is 24.5 Å². The van der Waals surface area contributed by atoms with Crippen molar-refractivity contribution in [2.45, 2.75) is 57.4 Å². The minimum atomic E-state index is 0.00687. The number of carbonyl (C=O) groups is 1. The van der Waals surface area contributed by atoms with E-state index in [1.165, 1.54) is 32.1 Å². The molecule has 1 aromatic carbocycles. The molecular weight excluding hydrogens is 280 g/mol. The van der Waals surface area contributed by atoms with Gasteiger partial charge in [0.1, 0.15) is 0 Å². The van der Waals surface area contributed by atoms with Crippen LogP contribution in [0.25, 0.3) is 0 Å². The molecular formula is C17H24N2OS. The molecule has 1 saturated carbocycles. The molecule has 1 aliphatic carbocycles.